The third-order valence-electron chi connectivity index (χ3n) is 5.58. The Morgan fingerprint density at radius 1 is 0.871 bits per heavy atom. The number of rotatable bonds is 5. The number of halogens is 1. The van der Waals surface area contributed by atoms with Crippen molar-refractivity contribution in [3.8, 4) is 11.5 Å². The second-order valence-corrected chi connectivity index (χ2v) is 7.64. The number of nitrogens with two attached hydrogens (primary N) is 1. The third kappa shape index (κ3) is 4.91. The molecule has 0 aromatic heterocycles. The van der Waals surface area contributed by atoms with Gasteiger partial charge >= 0.3 is 0 Å². The van der Waals surface area contributed by atoms with E-state index < -0.39 is 5.91 Å². The summed E-state index contributed by atoms with van der Waals surface area (Å²) in [5, 5.41) is 0. The first-order valence-corrected chi connectivity index (χ1v) is 10.2. The number of carbonyl (C=O) groups is 2. The summed E-state index contributed by atoms with van der Waals surface area (Å²) in [4.78, 5) is 26.0. The Labute approximate surface area is 180 Å². The maximum Gasteiger partial charge on any atom is 0.253 e. The van der Waals surface area contributed by atoms with Crippen molar-refractivity contribution in [2.24, 2.45) is 5.73 Å². The zero-order valence-electron chi connectivity index (χ0n) is 17.0. The second-order valence-electron chi connectivity index (χ2n) is 7.64. The molecule has 0 aliphatic carbocycles. The Morgan fingerprint density at radius 3 is 2.19 bits per heavy atom. The highest BCUT2D eigenvalue weighted by Gasteiger charge is 2.24. The van der Waals surface area contributed by atoms with E-state index in [1.807, 2.05) is 17.0 Å². The molecule has 5 nitrogen and oxygen atoms in total. The molecule has 0 radical (unpaired) electrons. The normalized spacial score (nSPS) is 14.3. The van der Waals surface area contributed by atoms with Gasteiger partial charge in [-0.1, -0.05) is 18.2 Å². The summed E-state index contributed by atoms with van der Waals surface area (Å²) in [6, 6.07) is 20.2. The summed E-state index contributed by atoms with van der Waals surface area (Å²) in [7, 11) is 0. The molecule has 0 spiro atoms. The molecule has 3 aromatic carbocycles. The number of amides is 2. The molecule has 1 fully saturated rings. The molecule has 3 aromatic rings. The minimum atomic E-state index is -0.498. The van der Waals surface area contributed by atoms with Gasteiger partial charge < -0.3 is 15.4 Å². The van der Waals surface area contributed by atoms with Gasteiger partial charge in [-0.2, -0.15) is 0 Å². The number of hydrogen-bond donors (Lipinski definition) is 1. The molecular formula is C25H23FN2O3. The summed E-state index contributed by atoms with van der Waals surface area (Å²) >= 11 is 0. The minimum absolute atomic E-state index is 0.0351. The predicted molar refractivity (Wildman–Crippen MR) is 116 cm³/mol. The fraction of sp³-hybridized carbons (Fsp3) is 0.200. The van der Waals surface area contributed by atoms with Crippen LogP contribution in [-0.4, -0.2) is 29.8 Å². The lowest BCUT2D eigenvalue weighted by atomic mass is 9.89. The van der Waals surface area contributed by atoms with Gasteiger partial charge in [-0.25, -0.2) is 4.39 Å². The van der Waals surface area contributed by atoms with Gasteiger partial charge in [0.25, 0.3) is 5.91 Å². The molecule has 0 bridgehead atoms. The smallest absolute Gasteiger partial charge is 0.253 e. The number of likely N-dealkylation sites (tertiary alicyclic amines) is 1. The van der Waals surface area contributed by atoms with Crippen LogP contribution in [-0.2, 0) is 0 Å². The first-order chi connectivity index (χ1) is 15.0. The molecule has 31 heavy (non-hydrogen) atoms. The number of benzene rings is 3. The van der Waals surface area contributed by atoms with Gasteiger partial charge in [-0.05, 0) is 78.9 Å². The lowest BCUT2D eigenvalue weighted by molar-refractivity contribution is 0.0712. The van der Waals surface area contributed by atoms with Crippen LogP contribution in [0.1, 0.15) is 45.0 Å². The van der Waals surface area contributed by atoms with E-state index in [4.69, 9.17) is 10.5 Å². The second kappa shape index (κ2) is 9.00. The number of piperidine rings is 1. The Morgan fingerprint density at radius 2 is 1.55 bits per heavy atom. The van der Waals surface area contributed by atoms with Crippen molar-refractivity contribution in [1.82, 2.24) is 4.90 Å². The van der Waals surface area contributed by atoms with Crippen molar-refractivity contribution in [2.45, 2.75) is 18.8 Å². The van der Waals surface area contributed by atoms with E-state index in [1.165, 1.54) is 12.1 Å². The summed E-state index contributed by atoms with van der Waals surface area (Å²) in [6.45, 7) is 1.31. The van der Waals surface area contributed by atoms with Gasteiger partial charge in [-0.15, -0.1) is 0 Å². The van der Waals surface area contributed by atoms with Crippen LogP contribution in [0.5, 0.6) is 11.5 Å². The minimum Gasteiger partial charge on any atom is -0.457 e. The van der Waals surface area contributed by atoms with E-state index in [0.29, 0.717) is 41.6 Å². The van der Waals surface area contributed by atoms with Crippen LogP contribution in [0.15, 0.2) is 72.8 Å². The van der Waals surface area contributed by atoms with Gasteiger partial charge in [-0.3, -0.25) is 9.59 Å². The predicted octanol–water partition coefficient (Wildman–Crippen LogP) is 4.74. The SMILES string of the molecule is NC(=O)c1ccc(Oc2cccc(C(=O)N3CCC(c4ccc(F)cc4)CC3)c2)cc1. The summed E-state index contributed by atoms with van der Waals surface area (Å²) in [5.41, 5.74) is 7.33. The molecule has 2 N–H and O–H groups in total. The van der Waals surface area contributed by atoms with E-state index >= 15 is 0 Å². The first kappa shape index (κ1) is 20.6. The lowest BCUT2D eigenvalue weighted by Crippen LogP contribution is -2.37. The van der Waals surface area contributed by atoms with Crippen LogP contribution in [0.4, 0.5) is 4.39 Å². The van der Waals surface area contributed by atoms with Crippen LogP contribution in [0.25, 0.3) is 0 Å². The monoisotopic (exact) mass is 418 g/mol. The molecule has 0 unspecified atom stereocenters. The Bertz CT molecular complexity index is 1070. The number of hydrogen-bond acceptors (Lipinski definition) is 3. The van der Waals surface area contributed by atoms with E-state index in [0.717, 1.165) is 18.4 Å². The Kier molecular flexibility index (Phi) is 5.98. The van der Waals surface area contributed by atoms with Crippen molar-refractivity contribution in [3.05, 3.63) is 95.3 Å². The first-order valence-electron chi connectivity index (χ1n) is 10.2. The highest BCUT2D eigenvalue weighted by atomic mass is 19.1. The van der Waals surface area contributed by atoms with E-state index in [-0.39, 0.29) is 11.7 Å². The largest absolute Gasteiger partial charge is 0.457 e. The molecular weight excluding hydrogens is 395 g/mol. The Hall–Kier alpha value is -3.67. The molecule has 1 aliphatic rings. The number of carbonyl (C=O) groups excluding carboxylic acids is 2. The average molecular weight is 418 g/mol. The van der Waals surface area contributed by atoms with Gasteiger partial charge in [0, 0.05) is 24.2 Å². The molecule has 1 aliphatic heterocycles. The van der Waals surface area contributed by atoms with Gasteiger partial charge in [0.2, 0.25) is 5.91 Å². The molecule has 2 amide bonds. The highest BCUT2D eigenvalue weighted by molar-refractivity contribution is 5.94. The van der Waals surface area contributed by atoms with Gasteiger partial charge in [0.1, 0.15) is 17.3 Å². The molecule has 1 heterocycles. The molecule has 6 heteroatoms. The van der Waals surface area contributed by atoms with Crippen LogP contribution >= 0.6 is 0 Å². The molecule has 158 valence electrons. The zero-order valence-corrected chi connectivity index (χ0v) is 17.0. The zero-order chi connectivity index (χ0) is 21.8. The summed E-state index contributed by atoms with van der Waals surface area (Å²) in [5.74, 6) is 0.660. The summed E-state index contributed by atoms with van der Waals surface area (Å²) in [6.07, 6.45) is 1.69. The summed E-state index contributed by atoms with van der Waals surface area (Å²) < 4.78 is 19.0. The van der Waals surface area contributed by atoms with Crippen LogP contribution in [0.2, 0.25) is 0 Å². The standard InChI is InChI=1S/C25H23FN2O3/c26-21-8-4-17(5-9-21)18-12-14-28(15-13-18)25(30)20-2-1-3-23(16-20)31-22-10-6-19(7-11-22)24(27)29/h1-11,16,18H,12-15H2,(H2,27,29). The van der Waals surface area contributed by atoms with Crippen molar-refractivity contribution in [1.29, 1.82) is 0 Å². The van der Waals surface area contributed by atoms with Crippen LogP contribution in [0.3, 0.4) is 0 Å². The van der Waals surface area contributed by atoms with Crippen molar-refractivity contribution < 1.29 is 18.7 Å². The lowest BCUT2D eigenvalue weighted by Gasteiger charge is -2.32. The number of primary amides is 1. The molecule has 1 saturated heterocycles. The van der Waals surface area contributed by atoms with E-state index in [9.17, 15) is 14.0 Å². The van der Waals surface area contributed by atoms with Crippen LogP contribution in [0, 0.1) is 5.82 Å². The quantitative estimate of drug-likeness (QED) is 0.651. The molecule has 4 rings (SSSR count). The van der Waals surface area contributed by atoms with E-state index in [1.54, 1.807) is 48.5 Å². The number of ether oxygens (including phenoxy) is 1. The Balaban J connectivity index is 1.39. The highest BCUT2D eigenvalue weighted by Crippen LogP contribution is 2.29. The maximum atomic E-state index is 13.1. The van der Waals surface area contributed by atoms with Gasteiger partial charge in [0.05, 0.1) is 0 Å². The van der Waals surface area contributed by atoms with Crippen molar-refractivity contribution >= 4 is 11.8 Å². The van der Waals surface area contributed by atoms with E-state index in [2.05, 4.69) is 0 Å². The van der Waals surface area contributed by atoms with Crippen LogP contribution < -0.4 is 10.5 Å². The average Bonchev–Trinajstić information content (AvgIpc) is 2.80. The van der Waals surface area contributed by atoms with Crippen molar-refractivity contribution in [3.63, 3.8) is 0 Å². The molecule has 0 atom stereocenters. The molecule has 0 saturated carbocycles. The maximum absolute atomic E-state index is 13.1. The fourth-order valence-electron chi connectivity index (χ4n) is 3.85. The number of nitrogens with zero attached hydrogens (tertiary/aromatic N) is 1. The third-order valence-corrected chi connectivity index (χ3v) is 5.58. The van der Waals surface area contributed by atoms with Crippen molar-refractivity contribution in [2.75, 3.05) is 13.1 Å². The fourth-order valence-corrected chi connectivity index (χ4v) is 3.85. The topological polar surface area (TPSA) is 72.6 Å². The van der Waals surface area contributed by atoms with Gasteiger partial charge in [0.15, 0.2) is 0 Å².